The van der Waals surface area contributed by atoms with Gasteiger partial charge in [-0.15, -0.1) is 0 Å². The molecule has 2 N–H and O–H groups in total. The van der Waals surface area contributed by atoms with E-state index in [1.807, 2.05) is 12.1 Å². The molecule has 22 heavy (non-hydrogen) atoms. The van der Waals surface area contributed by atoms with Gasteiger partial charge in [-0.05, 0) is 12.1 Å². The highest BCUT2D eigenvalue weighted by Crippen LogP contribution is 2.23. The number of aromatic amines is 1. The topological polar surface area (TPSA) is 97.3 Å². The van der Waals surface area contributed by atoms with Gasteiger partial charge in [-0.2, -0.15) is 5.10 Å². The number of hydrogen-bond donors (Lipinski definition) is 2. The molecule has 0 unspecified atom stereocenters. The summed E-state index contributed by atoms with van der Waals surface area (Å²) in [5, 5.41) is 4.17. The Bertz CT molecular complexity index is 814. The minimum absolute atomic E-state index is 0.547. The number of aromatic nitrogens is 4. The van der Waals surface area contributed by atoms with Crippen LogP contribution in [0.1, 0.15) is 5.56 Å². The fourth-order valence-corrected chi connectivity index (χ4v) is 1.94. The lowest BCUT2D eigenvalue weighted by atomic mass is 10.2. The Labute approximate surface area is 126 Å². The second-order valence-electron chi connectivity index (χ2n) is 4.30. The number of hydrogen-bond acceptors (Lipinski definition) is 7. The van der Waals surface area contributed by atoms with Gasteiger partial charge in [0.2, 0.25) is 0 Å². The number of benzene rings is 1. The van der Waals surface area contributed by atoms with Crippen LogP contribution in [0.3, 0.4) is 0 Å². The Balaban J connectivity index is 1.81. The maximum absolute atomic E-state index is 5.31. The second-order valence-corrected chi connectivity index (χ2v) is 4.30. The summed E-state index contributed by atoms with van der Waals surface area (Å²) in [7, 11) is 3.20. The molecule has 0 bridgehead atoms. The fourth-order valence-electron chi connectivity index (χ4n) is 1.94. The third-order valence-electron chi connectivity index (χ3n) is 3.04. The lowest BCUT2D eigenvalue weighted by molar-refractivity contribution is 0.394. The smallest absolute Gasteiger partial charge is 0.182 e. The zero-order valence-electron chi connectivity index (χ0n) is 12.1. The van der Waals surface area contributed by atoms with Crippen LogP contribution in [0.5, 0.6) is 11.5 Å². The minimum Gasteiger partial charge on any atom is -0.497 e. The second kappa shape index (κ2) is 6.08. The molecule has 0 aliphatic heterocycles. The highest BCUT2D eigenvalue weighted by atomic mass is 16.5. The van der Waals surface area contributed by atoms with E-state index >= 15 is 0 Å². The number of nitrogens with zero attached hydrogens (tertiary/aromatic N) is 4. The molecule has 0 fully saturated rings. The molecule has 2 heterocycles. The molecule has 0 aliphatic carbocycles. The Morgan fingerprint density at radius 3 is 2.91 bits per heavy atom. The SMILES string of the molecule is COc1ccc(/C=N\Nc2ncnc3nc[nH]c23)c(OC)c1. The first-order valence-corrected chi connectivity index (χ1v) is 6.47. The predicted octanol–water partition coefficient (Wildman–Crippen LogP) is 1.82. The van der Waals surface area contributed by atoms with Crippen molar-refractivity contribution >= 4 is 23.2 Å². The maximum atomic E-state index is 5.31. The summed E-state index contributed by atoms with van der Waals surface area (Å²) in [6.45, 7) is 0. The van der Waals surface area contributed by atoms with E-state index < -0.39 is 0 Å². The third kappa shape index (κ3) is 2.66. The monoisotopic (exact) mass is 298 g/mol. The molecule has 8 nitrogen and oxygen atoms in total. The quantitative estimate of drug-likeness (QED) is 0.551. The van der Waals surface area contributed by atoms with Crippen molar-refractivity contribution in [2.24, 2.45) is 5.10 Å². The van der Waals surface area contributed by atoms with Crippen LogP contribution >= 0.6 is 0 Å². The van der Waals surface area contributed by atoms with E-state index in [1.54, 1.807) is 32.8 Å². The molecule has 112 valence electrons. The van der Waals surface area contributed by atoms with Gasteiger partial charge in [0.25, 0.3) is 0 Å². The Hall–Kier alpha value is -3.16. The third-order valence-corrected chi connectivity index (χ3v) is 3.04. The van der Waals surface area contributed by atoms with Gasteiger partial charge in [-0.1, -0.05) is 0 Å². The molecule has 3 aromatic rings. The zero-order chi connectivity index (χ0) is 15.4. The Morgan fingerprint density at radius 1 is 1.18 bits per heavy atom. The Morgan fingerprint density at radius 2 is 2.09 bits per heavy atom. The van der Waals surface area contributed by atoms with E-state index in [0.29, 0.717) is 22.7 Å². The molecular formula is C14H14N6O2. The van der Waals surface area contributed by atoms with E-state index in [1.165, 1.54) is 6.33 Å². The normalized spacial score (nSPS) is 11.0. The van der Waals surface area contributed by atoms with Gasteiger partial charge in [0, 0.05) is 11.6 Å². The first-order valence-electron chi connectivity index (χ1n) is 6.47. The average Bonchev–Trinajstić information content (AvgIpc) is 3.04. The fraction of sp³-hybridized carbons (Fsp3) is 0.143. The van der Waals surface area contributed by atoms with Crippen molar-refractivity contribution in [3.8, 4) is 11.5 Å². The molecule has 1 aromatic carbocycles. The molecule has 0 atom stereocenters. The standard InChI is InChI=1S/C14H14N6O2/c1-21-10-4-3-9(11(5-10)22-2)6-19-20-14-12-13(16-7-15-12)17-8-18-14/h3-8H,1-2H3,(H2,15,16,17,18,20)/b19-6-. The van der Waals surface area contributed by atoms with Gasteiger partial charge in [0.15, 0.2) is 11.5 Å². The molecule has 0 aliphatic rings. The lowest BCUT2D eigenvalue weighted by Gasteiger charge is -2.07. The van der Waals surface area contributed by atoms with Crippen molar-refractivity contribution < 1.29 is 9.47 Å². The van der Waals surface area contributed by atoms with Crippen LogP contribution < -0.4 is 14.9 Å². The molecule has 2 aromatic heterocycles. The van der Waals surface area contributed by atoms with Crippen molar-refractivity contribution in [1.82, 2.24) is 19.9 Å². The van der Waals surface area contributed by atoms with Crippen LogP contribution in [0.25, 0.3) is 11.2 Å². The molecule has 3 rings (SSSR count). The number of imidazole rings is 1. The first kappa shape index (κ1) is 13.8. The van der Waals surface area contributed by atoms with Gasteiger partial charge in [-0.25, -0.2) is 15.0 Å². The van der Waals surface area contributed by atoms with Gasteiger partial charge >= 0.3 is 0 Å². The molecule has 0 radical (unpaired) electrons. The lowest BCUT2D eigenvalue weighted by Crippen LogP contribution is -1.97. The minimum atomic E-state index is 0.547. The molecular weight excluding hydrogens is 284 g/mol. The first-order chi connectivity index (χ1) is 10.8. The summed E-state index contributed by atoms with van der Waals surface area (Å²) in [5.41, 5.74) is 4.95. The highest BCUT2D eigenvalue weighted by molar-refractivity contribution is 5.86. The van der Waals surface area contributed by atoms with Crippen molar-refractivity contribution in [3.05, 3.63) is 36.4 Å². The van der Waals surface area contributed by atoms with E-state index in [2.05, 4.69) is 30.5 Å². The van der Waals surface area contributed by atoms with Crippen LogP contribution in [-0.4, -0.2) is 40.4 Å². The van der Waals surface area contributed by atoms with Crippen molar-refractivity contribution in [2.75, 3.05) is 19.6 Å². The summed E-state index contributed by atoms with van der Waals surface area (Å²) in [6, 6.07) is 5.48. The van der Waals surface area contributed by atoms with Gasteiger partial charge in [-0.3, -0.25) is 5.43 Å². The summed E-state index contributed by atoms with van der Waals surface area (Å²) < 4.78 is 10.5. The summed E-state index contributed by atoms with van der Waals surface area (Å²) in [4.78, 5) is 15.2. The van der Waals surface area contributed by atoms with Crippen molar-refractivity contribution in [2.45, 2.75) is 0 Å². The number of methoxy groups -OCH3 is 2. The summed E-state index contributed by atoms with van der Waals surface area (Å²) >= 11 is 0. The van der Waals surface area contributed by atoms with Crippen LogP contribution in [0.4, 0.5) is 5.82 Å². The number of fused-ring (bicyclic) bond motifs is 1. The molecule has 0 amide bonds. The number of ether oxygens (including phenoxy) is 2. The zero-order valence-corrected chi connectivity index (χ0v) is 12.1. The van der Waals surface area contributed by atoms with E-state index in [4.69, 9.17) is 9.47 Å². The molecule has 0 saturated carbocycles. The number of rotatable bonds is 5. The van der Waals surface area contributed by atoms with Gasteiger partial charge in [0.1, 0.15) is 23.3 Å². The largest absolute Gasteiger partial charge is 0.497 e. The Kier molecular flexibility index (Phi) is 3.82. The van der Waals surface area contributed by atoms with Crippen LogP contribution in [0.15, 0.2) is 36.0 Å². The van der Waals surface area contributed by atoms with Crippen LogP contribution in [0.2, 0.25) is 0 Å². The number of nitrogens with one attached hydrogen (secondary N) is 2. The van der Waals surface area contributed by atoms with E-state index in [-0.39, 0.29) is 0 Å². The number of H-pyrrole nitrogens is 1. The summed E-state index contributed by atoms with van der Waals surface area (Å²) in [5.74, 6) is 1.93. The van der Waals surface area contributed by atoms with Crippen LogP contribution in [0, 0.1) is 0 Å². The highest BCUT2D eigenvalue weighted by Gasteiger charge is 2.05. The molecule has 8 heteroatoms. The summed E-state index contributed by atoms with van der Waals surface area (Å²) in [6.07, 6.45) is 4.62. The number of anilines is 1. The van der Waals surface area contributed by atoms with Gasteiger partial charge < -0.3 is 14.5 Å². The maximum Gasteiger partial charge on any atom is 0.182 e. The molecule has 0 saturated heterocycles. The van der Waals surface area contributed by atoms with E-state index in [9.17, 15) is 0 Å². The van der Waals surface area contributed by atoms with Gasteiger partial charge in [0.05, 0.1) is 26.8 Å². The van der Waals surface area contributed by atoms with Crippen molar-refractivity contribution in [1.29, 1.82) is 0 Å². The predicted molar refractivity (Wildman–Crippen MR) is 82.4 cm³/mol. The number of hydrazone groups is 1. The van der Waals surface area contributed by atoms with Crippen LogP contribution in [-0.2, 0) is 0 Å². The van der Waals surface area contributed by atoms with E-state index in [0.717, 1.165) is 11.3 Å². The molecule has 0 spiro atoms. The van der Waals surface area contributed by atoms with Crippen molar-refractivity contribution in [3.63, 3.8) is 0 Å². The average molecular weight is 298 g/mol.